The molecule has 0 aliphatic rings. The van der Waals surface area contributed by atoms with Crippen molar-refractivity contribution in [3.8, 4) is 17.9 Å². The SMILES string of the molecule is CC(C)C(C)(c1ccc(C#N)cc1)c1ccc(C#Cc2ccccn2)cc1. The molecule has 27 heavy (non-hydrogen) atoms. The molecule has 1 unspecified atom stereocenters. The van der Waals surface area contributed by atoms with Crippen molar-refractivity contribution in [2.24, 2.45) is 5.92 Å². The average Bonchev–Trinajstić information content (AvgIpc) is 2.72. The monoisotopic (exact) mass is 350 g/mol. The Kier molecular flexibility index (Phi) is 5.39. The molecule has 0 N–H and O–H groups in total. The summed E-state index contributed by atoms with van der Waals surface area (Å²) in [5.41, 5.74) is 4.74. The van der Waals surface area contributed by atoms with E-state index in [-0.39, 0.29) is 5.41 Å². The van der Waals surface area contributed by atoms with Crippen LogP contribution in [-0.4, -0.2) is 4.98 Å². The number of hydrogen-bond acceptors (Lipinski definition) is 2. The minimum Gasteiger partial charge on any atom is -0.248 e. The maximum absolute atomic E-state index is 9.05. The first-order valence-electron chi connectivity index (χ1n) is 9.08. The molecule has 3 aromatic rings. The van der Waals surface area contributed by atoms with Crippen LogP contribution in [-0.2, 0) is 5.41 Å². The summed E-state index contributed by atoms with van der Waals surface area (Å²) in [7, 11) is 0. The van der Waals surface area contributed by atoms with E-state index in [1.807, 2.05) is 30.3 Å². The molecule has 1 aromatic heterocycles. The summed E-state index contributed by atoms with van der Waals surface area (Å²) in [6.45, 7) is 6.72. The molecular weight excluding hydrogens is 328 g/mol. The summed E-state index contributed by atoms with van der Waals surface area (Å²) in [6.07, 6.45) is 1.75. The third-order valence-electron chi connectivity index (χ3n) is 5.25. The van der Waals surface area contributed by atoms with E-state index in [2.05, 4.69) is 80.1 Å². The molecule has 0 bridgehead atoms. The van der Waals surface area contributed by atoms with Crippen LogP contribution in [0.15, 0.2) is 72.9 Å². The van der Waals surface area contributed by atoms with Gasteiger partial charge in [-0.05, 0) is 59.4 Å². The van der Waals surface area contributed by atoms with E-state index < -0.39 is 0 Å². The van der Waals surface area contributed by atoms with Gasteiger partial charge in [0.05, 0.1) is 11.6 Å². The Morgan fingerprint density at radius 1 is 0.815 bits per heavy atom. The van der Waals surface area contributed by atoms with Crippen molar-refractivity contribution in [2.75, 3.05) is 0 Å². The van der Waals surface area contributed by atoms with Gasteiger partial charge < -0.3 is 0 Å². The van der Waals surface area contributed by atoms with Crippen LogP contribution in [0.1, 0.15) is 48.7 Å². The molecule has 132 valence electrons. The molecule has 0 spiro atoms. The summed E-state index contributed by atoms with van der Waals surface area (Å²) in [5.74, 6) is 6.67. The highest BCUT2D eigenvalue weighted by molar-refractivity contribution is 5.46. The van der Waals surface area contributed by atoms with E-state index in [4.69, 9.17) is 5.26 Å². The lowest BCUT2D eigenvalue weighted by atomic mass is 9.68. The van der Waals surface area contributed by atoms with Gasteiger partial charge in [-0.15, -0.1) is 0 Å². The number of nitriles is 1. The second-order valence-electron chi connectivity index (χ2n) is 7.09. The molecule has 3 rings (SSSR count). The number of hydrogen-bond donors (Lipinski definition) is 0. The highest BCUT2D eigenvalue weighted by Gasteiger charge is 2.32. The maximum Gasteiger partial charge on any atom is 0.113 e. The van der Waals surface area contributed by atoms with Gasteiger partial charge in [0.25, 0.3) is 0 Å². The zero-order valence-electron chi connectivity index (χ0n) is 15.9. The van der Waals surface area contributed by atoms with Gasteiger partial charge in [0.15, 0.2) is 0 Å². The lowest BCUT2D eigenvalue weighted by Gasteiger charge is -2.35. The number of benzene rings is 2. The molecule has 2 nitrogen and oxygen atoms in total. The highest BCUT2D eigenvalue weighted by atomic mass is 14.6. The molecule has 0 saturated heterocycles. The van der Waals surface area contributed by atoms with Crippen LogP contribution >= 0.6 is 0 Å². The minimum absolute atomic E-state index is 0.138. The smallest absolute Gasteiger partial charge is 0.113 e. The number of pyridine rings is 1. The molecule has 0 radical (unpaired) electrons. The van der Waals surface area contributed by atoms with Gasteiger partial charge in [-0.25, -0.2) is 4.98 Å². The Morgan fingerprint density at radius 3 is 1.89 bits per heavy atom. The Morgan fingerprint density at radius 2 is 1.41 bits per heavy atom. The van der Waals surface area contributed by atoms with Gasteiger partial charge in [-0.3, -0.25) is 0 Å². The van der Waals surface area contributed by atoms with Gasteiger partial charge in [0.2, 0.25) is 0 Å². The normalized spacial score (nSPS) is 12.6. The Bertz CT molecular complexity index is 998. The van der Waals surface area contributed by atoms with E-state index in [1.165, 1.54) is 11.1 Å². The van der Waals surface area contributed by atoms with Crippen LogP contribution in [0.4, 0.5) is 0 Å². The van der Waals surface area contributed by atoms with Gasteiger partial charge in [-0.1, -0.05) is 57.0 Å². The van der Waals surface area contributed by atoms with Crippen molar-refractivity contribution < 1.29 is 0 Å². The molecule has 1 heterocycles. The fourth-order valence-corrected chi connectivity index (χ4v) is 3.20. The number of nitrogens with zero attached hydrogens (tertiary/aromatic N) is 2. The third kappa shape index (κ3) is 3.91. The number of aromatic nitrogens is 1. The zero-order chi connectivity index (χ0) is 19.3. The van der Waals surface area contributed by atoms with Crippen LogP contribution in [0.3, 0.4) is 0 Å². The van der Waals surface area contributed by atoms with Crippen molar-refractivity contribution in [3.63, 3.8) is 0 Å². The van der Waals surface area contributed by atoms with Gasteiger partial charge in [0, 0.05) is 17.2 Å². The zero-order valence-corrected chi connectivity index (χ0v) is 15.9. The van der Waals surface area contributed by atoms with Crippen LogP contribution in [0.5, 0.6) is 0 Å². The molecular formula is C25H22N2. The highest BCUT2D eigenvalue weighted by Crippen LogP contribution is 2.39. The first-order chi connectivity index (χ1) is 13.0. The molecule has 0 saturated carbocycles. The quantitative estimate of drug-likeness (QED) is 0.600. The second-order valence-corrected chi connectivity index (χ2v) is 7.09. The van der Waals surface area contributed by atoms with Crippen LogP contribution < -0.4 is 0 Å². The average molecular weight is 350 g/mol. The molecule has 0 aliphatic carbocycles. The first-order valence-corrected chi connectivity index (χ1v) is 9.08. The molecule has 1 atom stereocenters. The van der Waals surface area contributed by atoms with Crippen molar-refractivity contribution in [1.82, 2.24) is 4.98 Å². The summed E-state index contributed by atoms with van der Waals surface area (Å²) in [5, 5.41) is 9.05. The van der Waals surface area contributed by atoms with Crippen LogP contribution in [0, 0.1) is 29.1 Å². The molecule has 2 heteroatoms. The van der Waals surface area contributed by atoms with Crippen LogP contribution in [0.25, 0.3) is 0 Å². The molecule has 0 fully saturated rings. The summed E-state index contributed by atoms with van der Waals surface area (Å²) in [4.78, 5) is 4.23. The second kappa shape index (κ2) is 7.90. The molecule has 0 amide bonds. The Balaban J connectivity index is 1.93. The fraction of sp³-hybridized carbons (Fsp3) is 0.200. The van der Waals surface area contributed by atoms with Crippen molar-refractivity contribution in [3.05, 3.63) is 101 Å². The van der Waals surface area contributed by atoms with Crippen LogP contribution in [0.2, 0.25) is 0 Å². The van der Waals surface area contributed by atoms with Crippen molar-refractivity contribution in [1.29, 1.82) is 5.26 Å². The van der Waals surface area contributed by atoms with E-state index in [0.717, 1.165) is 11.3 Å². The third-order valence-corrected chi connectivity index (χ3v) is 5.25. The van der Waals surface area contributed by atoms with E-state index >= 15 is 0 Å². The lowest BCUT2D eigenvalue weighted by molar-refractivity contribution is 0.405. The predicted molar refractivity (Wildman–Crippen MR) is 109 cm³/mol. The standard InChI is InChI=1S/C25H22N2/c1-19(2)25(3,23-14-9-21(18-26)10-15-23)22-12-7-20(8-13-22)11-16-24-6-4-5-17-27-24/h4-10,12-15,17,19H,1-3H3. The van der Waals surface area contributed by atoms with Gasteiger partial charge in [-0.2, -0.15) is 5.26 Å². The summed E-state index contributed by atoms with van der Waals surface area (Å²) >= 11 is 0. The van der Waals surface area contributed by atoms with E-state index in [9.17, 15) is 0 Å². The Labute approximate surface area is 161 Å². The molecule has 2 aromatic carbocycles. The van der Waals surface area contributed by atoms with Gasteiger partial charge >= 0.3 is 0 Å². The van der Waals surface area contributed by atoms with Crippen molar-refractivity contribution >= 4 is 0 Å². The van der Waals surface area contributed by atoms with Gasteiger partial charge in [0.1, 0.15) is 5.69 Å². The molecule has 0 aliphatic heterocycles. The predicted octanol–water partition coefficient (Wildman–Crippen LogP) is 5.32. The minimum atomic E-state index is -0.138. The van der Waals surface area contributed by atoms with E-state index in [0.29, 0.717) is 11.5 Å². The number of rotatable bonds is 3. The fourth-order valence-electron chi connectivity index (χ4n) is 3.20. The van der Waals surface area contributed by atoms with E-state index in [1.54, 1.807) is 6.20 Å². The maximum atomic E-state index is 9.05. The topological polar surface area (TPSA) is 36.7 Å². The summed E-state index contributed by atoms with van der Waals surface area (Å²) < 4.78 is 0. The lowest BCUT2D eigenvalue weighted by Crippen LogP contribution is -2.30. The first kappa shape index (κ1) is 18.4. The Hall–Kier alpha value is -3.36. The summed E-state index contributed by atoms with van der Waals surface area (Å²) in [6, 6.07) is 24.3. The van der Waals surface area contributed by atoms with Crippen molar-refractivity contribution in [2.45, 2.75) is 26.2 Å². The largest absolute Gasteiger partial charge is 0.248 e.